The Labute approximate surface area is 118 Å². The van der Waals surface area contributed by atoms with E-state index in [9.17, 15) is 13.2 Å². The molecule has 7 heteroatoms. The van der Waals surface area contributed by atoms with Gasteiger partial charge in [-0.3, -0.25) is 9.89 Å². The second-order valence-corrected chi connectivity index (χ2v) is 8.39. The number of aromatic amines is 1. The van der Waals surface area contributed by atoms with Crippen molar-refractivity contribution in [3.05, 3.63) is 17.5 Å². The highest BCUT2D eigenvalue weighted by Gasteiger charge is 2.40. The van der Waals surface area contributed by atoms with Gasteiger partial charge in [-0.2, -0.15) is 5.10 Å². The number of hydrogen-bond acceptors (Lipinski definition) is 4. The molecule has 1 aliphatic carbocycles. The lowest BCUT2D eigenvalue weighted by Gasteiger charge is -2.28. The van der Waals surface area contributed by atoms with Crippen LogP contribution >= 0.6 is 0 Å². The average Bonchev–Trinajstić information content (AvgIpc) is 2.92. The van der Waals surface area contributed by atoms with Gasteiger partial charge in [-0.25, -0.2) is 8.42 Å². The summed E-state index contributed by atoms with van der Waals surface area (Å²) in [7, 11) is -3.00. The highest BCUT2D eigenvalue weighted by Crippen LogP contribution is 2.27. The first kappa shape index (κ1) is 13.6. The van der Waals surface area contributed by atoms with Gasteiger partial charge < -0.3 is 5.32 Å². The number of fused-ring (bicyclic) bond motifs is 1. The maximum Gasteiger partial charge on any atom is 0.223 e. The summed E-state index contributed by atoms with van der Waals surface area (Å²) in [5, 5.41) is 9.88. The number of hydrogen-bond donors (Lipinski definition) is 2. The molecule has 1 amide bonds. The van der Waals surface area contributed by atoms with Crippen molar-refractivity contribution in [2.75, 3.05) is 11.5 Å². The van der Waals surface area contributed by atoms with E-state index >= 15 is 0 Å². The second kappa shape index (κ2) is 4.58. The molecule has 1 aromatic rings. The number of H-pyrrole nitrogens is 1. The molecule has 3 rings (SSSR count). The Morgan fingerprint density at radius 1 is 1.55 bits per heavy atom. The van der Waals surface area contributed by atoms with Gasteiger partial charge in [0.2, 0.25) is 5.91 Å². The van der Waals surface area contributed by atoms with E-state index in [0.717, 1.165) is 18.5 Å². The first-order valence-electron chi connectivity index (χ1n) is 6.90. The fourth-order valence-corrected chi connectivity index (χ4v) is 5.23. The number of amides is 1. The Kier molecular flexibility index (Phi) is 3.12. The fourth-order valence-electron chi connectivity index (χ4n) is 3.14. The summed E-state index contributed by atoms with van der Waals surface area (Å²) >= 11 is 0. The number of carbonyl (C=O) groups is 1. The molecule has 20 heavy (non-hydrogen) atoms. The minimum Gasteiger partial charge on any atom is -0.350 e. The molecule has 2 heterocycles. The van der Waals surface area contributed by atoms with Crippen molar-refractivity contribution in [2.45, 2.75) is 38.1 Å². The van der Waals surface area contributed by atoms with Gasteiger partial charge in [0.05, 0.1) is 23.2 Å². The molecule has 0 saturated carbocycles. The predicted molar refractivity (Wildman–Crippen MR) is 73.9 cm³/mol. The lowest BCUT2D eigenvalue weighted by atomic mass is 9.86. The number of rotatable bonds is 2. The maximum atomic E-state index is 12.4. The standard InChI is InChI=1S/C13H19N3O3S/c1-13(4-5-20(18,19)8-13)15-12(17)9-2-3-10-7-14-16-11(10)6-9/h7,9H,2-6,8H2,1H3,(H,14,16)(H,15,17)/t9?,13-/m0/s1. The van der Waals surface area contributed by atoms with E-state index in [-0.39, 0.29) is 23.3 Å². The molecule has 2 N–H and O–H groups in total. The summed E-state index contributed by atoms with van der Waals surface area (Å²) in [4.78, 5) is 12.4. The molecular formula is C13H19N3O3S. The van der Waals surface area contributed by atoms with Crippen molar-refractivity contribution in [2.24, 2.45) is 5.92 Å². The van der Waals surface area contributed by atoms with E-state index in [1.165, 1.54) is 5.56 Å². The summed E-state index contributed by atoms with van der Waals surface area (Å²) in [6.45, 7) is 1.82. The molecule has 1 aliphatic heterocycles. The van der Waals surface area contributed by atoms with E-state index in [2.05, 4.69) is 15.5 Å². The van der Waals surface area contributed by atoms with Crippen molar-refractivity contribution in [3.63, 3.8) is 0 Å². The van der Waals surface area contributed by atoms with Gasteiger partial charge in [0, 0.05) is 18.0 Å². The minimum absolute atomic E-state index is 0.0372. The van der Waals surface area contributed by atoms with Crippen molar-refractivity contribution in [3.8, 4) is 0 Å². The monoisotopic (exact) mass is 297 g/mol. The highest BCUT2D eigenvalue weighted by atomic mass is 32.2. The van der Waals surface area contributed by atoms with Gasteiger partial charge in [0.15, 0.2) is 9.84 Å². The van der Waals surface area contributed by atoms with Crippen LogP contribution < -0.4 is 5.32 Å². The molecule has 0 bridgehead atoms. The number of carbonyl (C=O) groups excluding carboxylic acids is 1. The molecule has 1 fully saturated rings. The molecule has 110 valence electrons. The van der Waals surface area contributed by atoms with E-state index in [1.54, 1.807) is 0 Å². The Morgan fingerprint density at radius 2 is 2.35 bits per heavy atom. The molecule has 6 nitrogen and oxygen atoms in total. The molecular weight excluding hydrogens is 278 g/mol. The first-order valence-corrected chi connectivity index (χ1v) is 8.73. The van der Waals surface area contributed by atoms with Crippen LogP contribution in [0.2, 0.25) is 0 Å². The molecule has 1 aromatic heterocycles. The SMILES string of the molecule is C[C@]1(NC(=O)C2CCc3cn[nH]c3C2)CCS(=O)(=O)C1. The molecule has 1 saturated heterocycles. The van der Waals surface area contributed by atoms with Gasteiger partial charge in [-0.1, -0.05) is 0 Å². The zero-order valence-electron chi connectivity index (χ0n) is 11.5. The van der Waals surface area contributed by atoms with E-state index in [0.29, 0.717) is 12.8 Å². The van der Waals surface area contributed by atoms with Crippen LogP contribution in [-0.4, -0.2) is 41.6 Å². The van der Waals surface area contributed by atoms with Gasteiger partial charge in [-0.05, 0) is 31.7 Å². The number of aryl methyl sites for hydroxylation is 1. The van der Waals surface area contributed by atoms with Crippen LogP contribution in [0.1, 0.15) is 31.0 Å². The molecule has 2 aliphatic rings. The molecule has 1 unspecified atom stereocenters. The van der Waals surface area contributed by atoms with Crippen molar-refractivity contribution in [1.82, 2.24) is 15.5 Å². The molecule has 2 atom stereocenters. The summed E-state index contributed by atoms with van der Waals surface area (Å²) < 4.78 is 23.1. The Bertz CT molecular complexity index is 637. The maximum absolute atomic E-state index is 12.4. The van der Waals surface area contributed by atoms with Crippen molar-refractivity contribution in [1.29, 1.82) is 0 Å². The topological polar surface area (TPSA) is 91.9 Å². The molecule has 0 radical (unpaired) electrons. The fraction of sp³-hybridized carbons (Fsp3) is 0.692. The van der Waals surface area contributed by atoms with Crippen molar-refractivity contribution >= 4 is 15.7 Å². The molecule has 0 aromatic carbocycles. The zero-order chi connectivity index (χ0) is 14.4. The number of nitrogens with zero attached hydrogens (tertiary/aromatic N) is 1. The third-order valence-electron chi connectivity index (χ3n) is 4.32. The summed E-state index contributed by atoms with van der Waals surface area (Å²) in [6.07, 6.45) is 4.61. The van der Waals surface area contributed by atoms with Gasteiger partial charge >= 0.3 is 0 Å². The zero-order valence-corrected chi connectivity index (χ0v) is 12.3. The predicted octanol–water partition coefficient (Wildman–Crippen LogP) is 0.208. The van der Waals surface area contributed by atoms with E-state index in [1.807, 2.05) is 13.1 Å². The highest BCUT2D eigenvalue weighted by molar-refractivity contribution is 7.91. The van der Waals surface area contributed by atoms with Crippen molar-refractivity contribution < 1.29 is 13.2 Å². The Hall–Kier alpha value is -1.37. The number of nitrogens with one attached hydrogen (secondary N) is 2. The lowest BCUT2D eigenvalue weighted by molar-refractivity contribution is -0.126. The summed E-state index contributed by atoms with van der Waals surface area (Å²) in [5.74, 6) is 0.0836. The smallest absolute Gasteiger partial charge is 0.223 e. The Balaban J connectivity index is 1.66. The quantitative estimate of drug-likeness (QED) is 0.816. The minimum atomic E-state index is -3.00. The Morgan fingerprint density at radius 3 is 3.05 bits per heavy atom. The lowest BCUT2D eigenvalue weighted by Crippen LogP contribution is -2.49. The number of sulfone groups is 1. The normalized spacial score (nSPS) is 31.8. The van der Waals surface area contributed by atoms with Gasteiger partial charge in [-0.15, -0.1) is 0 Å². The molecule has 0 spiro atoms. The van der Waals surface area contributed by atoms with Crippen LogP contribution in [0.3, 0.4) is 0 Å². The average molecular weight is 297 g/mol. The van der Waals surface area contributed by atoms with E-state index in [4.69, 9.17) is 0 Å². The van der Waals surface area contributed by atoms with Crippen LogP contribution in [0, 0.1) is 5.92 Å². The number of aromatic nitrogens is 2. The largest absolute Gasteiger partial charge is 0.350 e. The first-order chi connectivity index (χ1) is 9.37. The van der Waals surface area contributed by atoms with Crippen LogP contribution in [0.15, 0.2) is 6.20 Å². The van der Waals surface area contributed by atoms with Gasteiger partial charge in [0.25, 0.3) is 0 Å². The third-order valence-corrected chi connectivity index (χ3v) is 6.22. The van der Waals surface area contributed by atoms with Crippen LogP contribution in [0.25, 0.3) is 0 Å². The van der Waals surface area contributed by atoms with Gasteiger partial charge in [0.1, 0.15) is 0 Å². The van der Waals surface area contributed by atoms with Crippen LogP contribution in [-0.2, 0) is 27.5 Å². The van der Waals surface area contributed by atoms with Crippen LogP contribution in [0.5, 0.6) is 0 Å². The van der Waals surface area contributed by atoms with E-state index < -0.39 is 15.4 Å². The summed E-state index contributed by atoms with van der Waals surface area (Å²) in [6, 6.07) is 0. The second-order valence-electron chi connectivity index (χ2n) is 6.21. The summed E-state index contributed by atoms with van der Waals surface area (Å²) in [5.41, 5.74) is 1.61. The third kappa shape index (κ3) is 2.59. The van der Waals surface area contributed by atoms with Crippen LogP contribution in [0.4, 0.5) is 0 Å².